The van der Waals surface area contributed by atoms with Gasteiger partial charge in [-0.2, -0.15) is 0 Å². The number of ether oxygens (including phenoxy) is 1. The van der Waals surface area contributed by atoms with Gasteiger partial charge in [0.15, 0.2) is 6.10 Å². The van der Waals surface area contributed by atoms with Crippen LogP contribution in [0.1, 0.15) is 11.7 Å². The Morgan fingerprint density at radius 1 is 1.10 bits per heavy atom. The van der Waals surface area contributed by atoms with E-state index in [0.29, 0.717) is 11.4 Å². The molecule has 1 amide bonds. The summed E-state index contributed by atoms with van der Waals surface area (Å²) in [5.74, 6) is -0.156. The minimum atomic E-state index is -0.638. The van der Waals surface area contributed by atoms with E-state index in [0.717, 1.165) is 5.56 Å². The van der Waals surface area contributed by atoms with Gasteiger partial charge in [0.2, 0.25) is 0 Å². The Kier molecular flexibility index (Phi) is 4.38. The lowest BCUT2D eigenvalue weighted by Gasteiger charge is -2.24. The molecule has 0 aliphatic heterocycles. The maximum absolute atomic E-state index is 12.6. The topological polar surface area (TPSA) is 55.6 Å². The van der Waals surface area contributed by atoms with Crippen molar-refractivity contribution in [2.24, 2.45) is 0 Å². The fourth-order valence-corrected chi connectivity index (χ4v) is 2.09. The van der Waals surface area contributed by atoms with Gasteiger partial charge < -0.3 is 15.4 Å². The second-order valence-electron chi connectivity index (χ2n) is 4.48. The summed E-state index contributed by atoms with van der Waals surface area (Å²) < 4.78 is 5.35. The van der Waals surface area contributed by atoms with Crippen LogP contribution in [0.15, 0.2) is 54.6 Å². The number of hydrogen-bond donors (Lipinski definition) is 1. The van der Waals surface area contributed by atoms with Crippen LogP contribution in [0.2, 0.25) is 0 Å². The number of para-hydroxylation sites is 2. The number of nitrogens with zero attached hydrogens (tertiary/aromatic N) is 1. The maximum Gasteiger partial charge on any atom is 0.260 e. The molecule has 4 nitrogen and oxygen atoms in total. The molecule has 104 valence electrons. The largest absolute Gasteiger partial charge is 0.397 e. The lowest BCUT2D eigenvalue weighted by atomic mass is 10.1. The van der Waals surface area contributed by atoms with Crippen molar-refractivity contribution in [3.63, 3.8) is 0 Å². The summed E-state index contributed by atoms with van der Waals surface area (Å²) >= 11 is 0. The highest BCUT2D eigenvalue weighted by Crippen LogP contribution is 2.26. The molecule has 0 saturated heterocycles. The Bertz CT molecular complexity index is 584. The average molecular weight is 270 g/mol. The number of methoxy groups -OCH3 is 1. The lowest BCUT2D eigenvalue weighted by molar-refractivity contribution is -0.128. The first-order valence-corrected chi connectivity index (χ1v) is 6.35. The number of benzene rings is 2. The zero-order valence-electron chi connectivity index (χ0n) is 11.6. The molecule has 0 aliphatic rings. The van der Waals surface area contributed by atoms with Crippen LogP contribution in [-0.2, 0) is 9.53 Å². The summed E-state index contributed by atoms with van der Waals surface area (Å²) in [5.41, 5.74) is 7.96. The van der Waals surface area contributed by atoms with E-state index in [9.17, 15) is 4.79 Å². The van der Waals surface area contributed by atoms with Gasteiger partial charge >= 0.3 is 0 Å². The van der Waals surface area contributed by atoms with Crippen molar-refractivity contribution in [1.82, 2.24) is 0 Å². The van der Waals surface area contributed by atoms with Crippen molar-refractivity contribution in [3.05, 3.63) is 60.2 Å². The first-order valence-electron chi connectivity index (χ1n) is 6.35. The third kappa shape index (κ3) is 2.81. The quantitative estimate of drug-likeness (QED) is 0.869. The average Bonchev–Trinajstić information content (AvgIpc) is 2.49. The first-order chi connectivity index (χ1) is 9.65. The van der Waals surface area contributed by atoms with Crippen molar-refractivity contribution in [1.29, 1.82) is 0 Å². The van der Waals surface area contributed by atoms with Gasteiger partial charge in [-0.25, -0.2) is 0 Å². The third-order valence-corrected chi connectivity index (χ3v) is 3.19. The minimum Gasteiger partial charge on any atom is -0.397 e. The van der Waals surface area contributed by atoms with Gasteiger partial charge in [0.05, 0.1) is 11.4 Å². The summed E-state index contributed by atoms with van der Waals surface area (Å²) in [7, 11) is 3.22. The molecule has 1 atom stereocenters. The van der Waals surface area contributed by atoms with Crippen molar-refractivity contribution >= 4 is 17.3 Å². The van der Waals surface area contributed by atoms with Crippen molar-refractivity contribution in [3.8, 4) is 0 Å². The molecular formula is C16H18N2O2. The Labute approximate surface area is 118 Å². The van der Waals surface area contributed by atoms with Crippen LogP contribution >= 0.6 is 0 Å². The summed E-state index contributed by atoms with van der Waals surface area (Å²) in [6.07, 6.45) is -0.638. The molecule has 0 aromatic heterocycles. The van der Waals surface area contributed by atoms with Crippen LogP contribution in [-0.4, -0.2) is 20.1 Å². The Morgan fingerprint density at radius 3 is 2.30 bits per heavy atom. The highest BCUT2D eigenvalue weighted by atomic mass is 16.5. The summed E-state index contributed by atoms with van der Waals surface area (Å²) in [6.45, 7) is 0. The van der Waals surface area contributed by atoms with Gasteiger partial charge in [0, 0.05) is 14.2 Å². The van der Waals surface area contributed by atoms with E-state index in [1.54, 1.807) is 13.1 Å². The molecule has 0 bridgehead atoms. The Hall–Kier alpha value is -2.33. The number of amides is 1. The molecule has 2 aromatic rings. The molecule has 0 fully saturated rings. The number of carbonyl (C=O) groups excluding carboxylic acids is 1. The van der Waals surface area contributed by atoms with Crippen LogP contribution < -0.4 is 10.6 Å². The van der Waals surface area contributed by atoms with Crippen molar-refractivity contribution < 1.29 is 9.53 Å². The molecule has 20 heavy (non-hydrogen) atoms. The number of nitrogens with two attached hydrogens (primary N) is 1. The highest BCUT2D eigenvalue weighted by Gasteiger charge is 2.25. The predicted octanol–water partition coefficient (Wildman–Crippen LogP) is 2.62. The number of rotatable bonds is 4. The Balaban J connectivity index is 2.28. The molecule has 2 N–H and O–H groups in total. The van der Waals surface area contributed by atoms with Crippen LogP contribution in [0.5, 0.6) is 0 Å². The summed E-state index contributed by atoms with van der Waals surface area (Å²) in [6, 6.07) is 16.7. The molecule has 0 aliphatic carbocycles. The zero-order valence-corrected chi connectivity index (χ0v) is 11.6. The minimum absolute atomic E-state index is 0.156. The van der Waals surface area contributed by atoms with E-state index in [1.165, 1.54) is 12.0 Å². The van der Waals surface area contributed by atoms with Crippen LogP contribution in [0, 0.1) is 0 Å². The number of anilines is 2. The molecule has 2 aromatic carbocycles. The van der Waals surface area contributed by atoms with Crippen molar-refractivity contribution in [2.75, 3.05) is 24.8 Å². The van der Waals surface area contributed by atoms with Gasteiger partial charge in [-0.3, -0.25) is 4.79 Å². The van der Waals surface area contributed by atoms with Gasteiger partial charge in [0.25, 0.3) is 5.91 Å². The number of nitrogen functional groups attached to an aromatic ring is 1. The second kappa shape index (κ2) is 6.21. The second-order valence-corrected chi connectivity index (χ2v) is 4.48. The maximum atomic E-state index is 12.6. The van der Waals surface area contributed by atoms with Crippen LogP contribution in [0.3, 0.4) is 0 Å². The fraction of sp³-hybridized carbons (Fsp3) is 0.188. The van der Waals surface area contributed by atoms with E-state index in [-0.39, 0.29) is 5.91 Å². The van der Waals surface area contributed by atoms with Gasteiger partial charge in [-0.15, -0.1) is 0 Å². The SMILES string of the molecule is COC(C(=O)N(C)c1ccccc1N)c1ccccc1. The van der Waals surface area contributed by atoms with Gasteiger partial charge in [-0.05, 0) is 17.7 Å². The standard InChI is InChI=1S/C16H18N2O2/c1-18(14-11-7-6-10-13(14)17)16(19)15(20-2)12-8-4-3-5-9-12/h3-11,15H,17H2,1-2H3. The summed E-state index contributed by atoms with van der Waals surface area (Å²) in [4.78, 5) is 14.1. The van der Waals surface area contributed by atoms with E-state index in [2.05, 4.69) is 0 Å². The molecule has 4 heteroatoms. The van der Waals surface area contributed by atoms with E-state index < -0.39 is 6.10 Å². The molecule has 0 heterocycles. The van der Waals surface area contributed by atoms with Gasteiger partial charge in [0.1, 0.15) is 0 Å². The number of likely N-dealkylation sites (N-methyl/N-ethyl adjacent to an activating group) is 1. The molecule has 1 unspecified atom stereocenters. The summed E-state index contributed by atoms with van der Waals surface area (Å²) in [5, 5.41) is 0. The predicted molar refractivity (Wildman–Crippen MR) is 80.5 cm³/mol. The molecule has 0 spiro atoms. The lowest BCUT2D eigenvalue weighted by Crippen LogP contribution is -2.33. The molecule has 2 rings (SSSR count). The Morgan fingerprint density at radius 2 is 1.70 bits per heavy atom. The van der Waals surface area contributed by atoms with E-state index in [1.807, 2.05) is 48.5 Å². The number of carbonyl (C=O) groups is 1. The van der Waals surface area contributed by atoms with E-state index >= 15 is 0 Å². The van der Waals surface area contributed by atoms with Crippen molar-refractivity contribution in [2.45, 2.75) is 6.10 Å². The first kappa shape index (κ1) is 14.1. The number of hydrogen-bond acceptors (Lipinski definition) is 3. The normalized spacial score (nSPS) is 11.9. The van der Waals surface area contributed by atoms with Gasteiger partial charge in [-0.1, -0.05) is 42.5 Å². The molecule has 0 saturated carbocycles. The monoisotopic (exact) mass is 270 g/mol. The molecule has 0 radical (unpaired) electrons. The molecular weight excluding hydrogens is 252 g/mol. The van der Waals surface area contributed by atoms with Crippen LogP contribution in [0.25, 0.3) is 0 Å². The highest BCUT2D eigenvalue weighted by molar-refractivity contribution is 5.99. The third-order valence-electron chi connectivity index (χ3n) is 3.19. The smallest absolute Gasteiger partial charge is 0.260 e. The zero-order chi connectivity index (χ0) is 14.5. The van der Waals surface area contributed by atoms with Crippen LogP contribution in [0.4, 0.5) is 11.4 Å². The van der Waals surface area contributed by atoms with E-state index in [4.69, 9.17) is 10.5 Å². The fourth-order valence-electron chi connectivity index (χ4n) is 2.09.